The van der Waals surface area contributed by atoms with Gasteiger partial charge in [-0.1, -0.05) is 20.8 Å². The predicted molar refractivity (Wildman–Crippen MR) is 65.0 cm³/mol. The fraction of sp³-hybridized carbons (Fsp3) is 0.923. The van der Waals surface area contributed by atoms with Gasteiger partial charge in [0.25, 0.3) is 0 Å². The van der Waals surface area contributed by atoms with Crippen molar-refractivity contribution in [3.8, 4) is 6.07 Å². The van der Waals surface area contributed by atoms with Crippen molar-refractivity contribution in [3.05, 3.63) is 0 Å². The van der Waals surface area contributed by atoms with E-state index in [0.717, 1.165) is 18.8 Å². The largest absolute Gasteiger partial charge is 0.375 e. The minimum atomic E-state index is -0.180. The zero-order valence-corrected chi connectivity index (χ0v) is 10.9. The first-order chi connectivity index (χ1) is 7.46. The zero-order valence-electron chi connectivity index (χ0n) is 10.9. The van der Waals surface area contributed by atoms with E-state index in [2.05, 4.69) is 32.2 Å². The smallest absolute Gasteiger partial charge is 0.119 e. The fourth-order valence-electron chi connectivity index (χ4n) is 2.80. The number of nitrogens with one attached hydrogen (secondary N) is 1. The zero-order chi connectivity index (χ0) is 12.2. The number of ether oxygens (including phenoxy) is 1. The van der Waals surface area contributed by atoms with Gasteiger partial charge in [0, 0.05) is 0 Å². The lowest BCUT2D eigenvalue weighted by Crippen LogP contribution is -2.36. The lowest BCUT2D eigenvalue weighted by atomic mass is 9.71. The molecule has 1 aliphatic carbocycles. The molecule has 3 nitrogen and oxygen atoms in total. The molecule has 0 radical (unpaired) electrons. The van der Waals surface area contributed by atoms with Crippen molar-refractivity contribution in [2.75, 3.05) is 13.7 Å². The topological polar surface area (TPSA) is 45.0 Å². The predicted octanol–water partition coefficient (Wildman–Crippen LogP) is 2.33. The van der Waals surface area contributed by atoms with Crippen LogP contribution in [-0.2, 0) is 4.74 Å². The van der Waals surface area contributed by atoms with E-state index in [1.807, 2.05) is 0 Å². The van der Waals surface area contributed by atoms with E-state index >= 15 is 0 Å². The van der Waals surface area contributed by atoms with Gasteiger partial charge in [-0.3, -0.25) is 0 Å². The van der Waals surface area contributed by atoms with Gasteiger partial charge in [0.05, 0.1) is 18.8 Å². The van der Waals surface area contributed by atoms with Crippen LogP contribution in [-0.4, -0.2) is 25.8 Å². The summed E-state index contributed by atoms with van der Waals surface area (Å²) in [4.78, 5) is 0. The Labute approximate surface area is 99.2 Å². The molecule has 0 aromatic heterocycles. The Hall–Kier alpha value is -0.590. The summed E-state index contributed by atoms with van der Waals surface area (Å²) in [5.41, 5.74) is 0.379. The van der Waals surface area contributed by atoms with Crippen molar-refractivity contribution >= 4 is 0 Å². The molecule has 1 fully saturated rings. The summed E-state index contributed by atoms with van der Waals surface area (Å²) >= 11 is 0. The van der Waals surface area contributed by atoms with Gasteiger partial charge >= 0.3 is 0 Å². The molecule has 0 aromatic carbocycles. The maximum Gasteiger partial charge on any atom is 0.119 e. The number of hydrogen-bond donors (Lipinski definition) is 1. The standard InChI is InChI=1S/C13H24N2O/c1-10-5-12(7-13(2,3)6-10)16-9-11(8-14)15-4/h10-12,15H,5-7,9H2,1-4H3. The highest BCUT2D eigenvalue weighted by molar-refractivity contribution is 4.89. The van der Waals surface area contributed by atoms with Gasteiger partial charge in [-0.2, -0.15) is 5.26 Å². The number of hydrogen-bond acceptors (Lipinski definition) is 3. The van der Waals surface area contributed by atoms with E-state index in [1.165, 1.54) is 6.42 Å². The van der Waals surface area contributed by atoms with E-state index in [-0.39, 0.29) is 6.04 Å². The molecule has 0 aliphatic heterocycles. The van der Waals surface area contributed by atoms with Gasteiger partial charge in [-0.15, -0.1) is 0 Å². The SMILES string of the molecule is CNC(C#N)COC1CC(C)CC(C)(C)C1. The van der Waals surface area contributed by atoms with Crippen molar-refractivity contribution in [3.63, 3.8) is 0 Å². The maximum atomic E-state index is 8.82. The van der Waals surface area contributed by atoms with Crippen molar-refractivity contribution in [1.29, 1.82) is 5.26 Å². The average molecular weight is 224 g/mol. The molecule has 0 spiro atoms. The lowest BCUT2D eigenvalue weighted by Gasteiger charge is -2.39. The first-order valence-corrected chi connectivity index (χ1v) is 6.15. The Bertz CT molecular complexity index is 257. The Morgan fingerprint density at radius 3 is 2.69 bits per heavy atom. The summed E-state index contributed by atoms with van der Waals surface area (Å²) in [6.45, 7) is 7.40. The molecule has 16 heavy (non-hydrogen) atoms. The molecule has 3 unspecified atom stereocenters. The number of rotatable bonds is 4. The van der Waals surface area contributed by atoms with Gasteiger partial charge in [-0.25, -0.2) is 0 Å². The van der Waals surface area contributed by atoms with Crippen molar-refractivity contribution in [2.45, 2.75) is 52.2 Å². The van der Waals surface area contributed by atoms with E-state index in [1.54, 1.807) is 7.05 Å². The highest BCUT2D eigenvalue weighted by atomic mass is 16.5. The summed E-state index contributed by atoms with van der Waals surface area (Å²) in [5, 5.41) is 11.8. The van der Waals surface area contributed by atoms with Crippen LogP contribution in [0.3, 0.4) is 0 Å². The van der Waals surface area contributed by atoms with Crippen LogP contribution in [0.4, 0.5) is 0 Å². The van der Waals surface area contributed by atoms with E-state index < -0.39 is 0 Å². The van der Waals surface area contributed by atoms with Gasteiger partial charge in [-0.05, 0) is 37.6 Å². The molecular formula is C13H24N2O. The summed E-state index contributed by atoms with van der Waals surface area (Å²) in [7, 11) is 1.80. The third kappa shape index (κ3) is 4.11. The molecular weight excluding hydrogens is 200 g/mol. The summed E-state index contributed by atoms with van der Waals surface area (Å²) in [6.07, 6.45) is 3.84. The van der Waals surface area contributed by atoms with E-state index in [4.69, 9.17) is 10.00 Å². The van der Waals surface area contributed by atoms with Crippen molar-refractivity contribution in [1.82, 2.24) is 5.32 Å². The first-order valence-electron chi connectivity index (χ1n) is 6.15. The molecule has 0 heterocycles. The molecule has 92 valence electrons. The van der Waals surface area contributed by atoms with Crippen LogP contribution in [0.15, 0.2) is 0 Å². The minimum Gasteiger partial charge on any atom is -0.375 e. The molecule has 1 N–H and O–H groups in total. The first kappa shape index (κ1) is 13.5. The van der Waals surface area contributed by atoms with Gasteiger partial charge in [0.15, 0.2) is 0 Å². The molecule has 1 rings (SSSR count). The van der Waals surface area contributed by atoms with Crippen LogP contribution in [0.2, 0.25) is 0 Å². The Kier molecular flexibility index (Phi) is 4.76. The van der Waals surface area contributed by atoms with Crippen LogP contribution < -0.4 is 5.32 Å². The summed E-state index contributed by atoms with van der Waals surface area (Å²) in [5.74, 6) is 0.726. The van der Waals surface area contributed by atoms with E-state index in [0.29, 0.717) is 18.1 Å². The van der Waals surface area contributed by atoms with Gasteiger partial charge in [0.1, 0.15) is 6.04 Å². The van der Waals surface area contributed by atoms with Crippen LogP contribution in [0, 0.1) is 22.7 Å². The number of nitrogens with zero attached hydrogens (tertiary/aromatic N) is 1. The van der Waals surface area contributed by atoms with Gasteiger partial charge < -0.3 is 10.1 Å². The van der Waals surface area contributed by atoms with Crippen LogP contribution in [0.1, 0.15) is 40.0 Å². The normalized spacial score (nSPS) is 30.7. The molecule has 0 saturated heterocycles. The minimum absolute atomic E-state index is 0.180. The Morgan fingerprint density at radius 2 is 2.19 bits per heavy atom. The fourth-order valence-corrected chi connectivity index (χ4v) is 2.80. The Morgan fingerprint density at radius 1 is 1.50 bits per heavy atom. The second kappa shape index (κ2) is 5.65. The van der Waals surface area contributed by atoms with Crippen molar-refractivity contribution < 1.29 is 4.74 Å². The second-order valence-corrected chi connectivity index (χ2v) is 5.84. The van der Waals surface area contributed by atoms with Gasteiger partial charge in [0.2, 0.25) is 0 Å². The number of nitriles is 1. The highest BCUT2D eigenvalue weighted by Gasteiger charge is 2.32. The highest BCUT2D eigenvalue weighted by Crippen LogP contribution is 2.39. The quantitative estimate of drug-likeness (QED) is 0.797. The third-order valence-electron chi connectivity index (χ3n) is 3.35. The number of likely N-dealkylation sites (N-methyl/N-ethyl adjacent to an activating group) is 1. The molecule has 0 bridgehead atoms. The van der Waals surface area contributed by atoms with Crippen LogP contribution in [0.5, 0.6) is 0 Å². The lowest BCUT2D eigenvalue weighted by molar-refractivity contribution is -0.0258. The maximum absolute atomic E-state index is 8.82. The summed E-state index contributed by atoms with van der Waals surface area (Å²) < 4.78 is 5.85. The second-order valence-electron chi connectivity index (χ2n) is 5.84. The van der Waals surface area contributed by atoms with E-state index in [9.17, 15) is 0 Å². The molecule has 1 saturated carbocycles. The average Bonchev–Trinajstić information content (AvgIpc) is 2.16. The third-order valence-corrected chi connectivity index (χ3v) is 3.35. The Balaban J connectivity index is 2.40. The monoisotopic (exact) mass is 224 g/mol. The molecule has 3 atom stereocenters. The molecule has 1 aliphatic rings. The van der Waals surface area contributed by atoms with Crippen LogP contribution >= 0.6 is 0 Å². The van der Waals surface area contributed by atoms with Crippen molar-refractivity contribution in [2.24, 2.45) is 11.3 Å². The molecule has 3 heteroatoms. The van der Waals surface area contributed by atoms with Crippen LogP contribution in [0.25, 0.3) is 0 Å². The molecule has 0 aromatic rings. The molecule has 0 amide bonds. The summed E-state index contributed by atoms with van der Waals surface area (Å²) in [6, 6.07) is 2.01.